The monoisotopic (exact) mass is 260 g/mol. The number of nitrogens with one attached hydrogen (secondary N) is 1. The molecule has 1 heterocycles. The molecule has 19 heavy (non-hydrogen) atoms. The average molecular weight is 260 g/mol. The predicted molar refractivity (Wildman–Crippen MR) is 82.3 cm³/mol. The molecular formula is C17H28N2. The lowest BCUT2D eigenvalue weighted by molar-refractivity contribution is 0.122. The van der Waals surface area contributed by atoms with Crippen LogP contribution in [0.4, 0.5) is 0 Å². The minimum absolute atomic E-state index is 0.544. The van der Waals surface area contributed by atoms with E-state index in [2.05, 4.69) is 61.3 Å². The molecule has 2 heteroatoms. The molecule has 0 amide bonds. The molecule has 1 saturated heterocycles. The second kappa shape index (κ2) is 7.06. The van der Waals surface area contributed by atoms with Crippen LogP contribution in [0.25, 0.3) is 0 Å². The lowest BCUT2D eigenvalue weighted by Gasteiger charge is -2.41. The van der Waals surface area contributed by atoms with Crippen molar-refractivity contribution in [1.82, 2.24) is 10.2 Å². The highest BCUT2D eigenvalue weighted by Gasteiger charge is 2.27. The molecule has 1 N–H and O–H groups in total. The van der Waals surface area contributed by atoms with Crippen molar-refractivity contribution >= 4 is 0 Å². The van der Waals surface area contributed by atoms with Crippen LogP contribution in [0.15, 0.2) is 30.3 Å². The molecule has 2 rings (SSSR count). The minimum Gasteiger partial charge on any atom is -0.311 e. The van der Waals surface area contributed by atoms with Gasteiger partial charge < -0.3 is 5.32 Å². The van der Waals surface area contributed by atoms with E-state index in [1.54, 1.807) is 0 Å². The summed E-state index contributed by atoms with van der Waals surface area (Å²) >= 11 is 0. The van der Waals surface area contributed by atoms with Crippen molar-refractivity contribution in [3.8, 4) is 0 Å². The van der Waals surface area contributed by atoms with E-state index < -0.39 is 0 Å². The fraction of sp³-hybridized carbons (Fsp3) is 0.647. The van der Waals surface area contributed by atoms with Crippen molar-refractivity contribution in [2.75, 3.05) is 19.6 Å². The van der Waals surface area contributed by atoms with Crippen LogP contribution in [0.2, 0.25) is 0 Å². The van der Waals surface area contributed by atoms with Crippen molar-refractivity contribution in [2.45, 2.75) is 45.7 Å². The fourth-order valence-electron chi connectivity index (χ4n) is 2.83. The maximum absolute atomic E-state index is 3.69. The van der Waals surface area contributed by atoms with Crippen LogP contribution in [-0.4, -0.2) is 30.6 Å². The third-order valence-electron chi connectivity index (χ3n) is 4.17. The van der Waals surface area contributed by atoms with Gasteiger partial charge in [-0.15, -0.1) is 0 Å². The Morgan fingerprint density at radius 3 is 2.63 bits per heavy atom. The number of hydrogen-bond acceptors (Lipinski definition) is 2. The largest absolute Gasteiger partial charge is 0.311 e. The Morgan fingerprint density at radius 2 is 2.00 bits per heavy atom. The summed E-state index contributed by atoms with van der Waals surface area (Å²) in [4.78, 5) is 2.68. The van der Waals surface area contributed by atoms with Gasteiger partial charge in [-0.1, -0.05) is 51.1 Å². The Bertz CT molecular complexity index is 361. The van der Waals surface area contributed by atoms with Gasteiger partial charge in [0.05, 0.1) is 0 Å². The van der Waals surface area contributed by atoms with Crippen molar-refractivity contribution < 1.29 is 0 Å². The molecule has 1 aromatic rings. The molecule has 2 atom stereocenters. The molecule has 0 bridgehead atoms. The van der Waals surface area contributed by atoms with Gasteiger partial charge in [-0.05, 0) is 30.9 Å². The van der Waals surface area contributed by atoms with Crippen LogP contribution >= 0.6 is 0 Å². The van der Waals surface area contributed by atoms with Crippen LogP contribution < -0.4 is 5.32 Å². The third kappa shape index (κ3) is 4.05. The number of rotatable bonds is 5. The van der Waals surface area contributed by atoms with E-state index in [1.807, 2.05) is 0 Å². The summed E-state index contributed by atoms with van der Waals surface area (Å²) in [6, 6.07) is 12.1. The van der Waals surface area contributed by atoms with Crippen LogP contribution in [0.1, 0.15) is 45.2 Å². The fourth-order valence-corrected chi connectivity index (χ4v) is 2.83. The molecule has 0 saturated carbocycles. The summed E-state index contributed by atoms with van der Waals surface area (Å²) in [6.07, 6.45) is 2.51. The third-order valence-corrected chi connectivity index (χ3v) is 4.17. The van der Waals surface area contributed by atoms with Crippen LogP contribution in [0, 0.1) is 5.92 Å². The van der Waals surface area contributed by atoms with E-state index in [0.717, 1.165) is 12.5 Å². The molecule has 1 fully saturated rings. The zero-order chi connectivity index (χ0) is 13.7. The smallest absolute Gasteiger partial charge is 0.0473 e. The normalized spacial score (nSPS) is 24.8. The molecule has 1 aliphatic heterocycles. The first-order valence-electron chi connectivity index (χ1n) is 7.73. The van der Waals surface area contributed by atoms with Gasteiger partial charge in [0.15, 0.2) is 0 Å². The first-order chi connectivity index (χ1) is 9.20. The van der Waals surface area contributed by atoms with Gasteiger partial charge in [0.25, 0.3) is 0 Å². The zero-order valence-electron chi connectivity index (χ0n) is 12.6. The first kappa shape index (κ1) is 14.5. The quantitative estimate of drug-likeness (QED) is 0.872. The molecule has 1 aromatic carbocycles. The summed E-state index contributed by atoms with van der Waals surface area (Å²) < 4.78 is 0. The van der Waals surface area contributed by atoms with Gasteiger partial charge in [0, 0.05) is 25.2 Å². The molecular weight excluding hydrogens is 232 g/mol. The van der Waals surface area contributed by atoms with Crippen molar-refractivity contribution in [3.05, 3.63) is 35.9 Å². The van der Waals surface area contributed by atoms with Crippen LogP contribution in [0.3, 0.4) is 0 Å². The SMILES string of the molecule is CCC1CN(CCC(C)C)C(c2ccccc2)CN1. The minimum atomic E-state index is 0.544. The summed E-state index contributed by atoms with van der Waals surface area (Å²) in [5.74, 6) is 0.784. The number of benzene rings is 1. The van der Waals surface area contributed by atoms with Crippen LogP contribution in [0.5, 0.6) is 0 Å². The van der Waals surface area contributed by atoms with Gasteiger partial charge in [-0.25, -0.2) is 0 Å². The Hall–Kier alpha value is -0.860. The second-order valence-electron chi connectivity index (χ2n) is 6.12. The molecule has 0 radical (unpaired) electrons. The maximum atomic E-state index is 3.69. The topological polar surface area (TPSA) is 15.3 Å². The van der Waals surface area contributed by atoms with Crippen molar-refractivity contribution in [2.24, 2.45) is 5.92 Å². The van der Waals surface area contributed by atoms with E-state index >= 15 is 0 Å². The average Bonchev–Trinajstić information content (AvgIpc) is 2.45. The van der Waals surface area contributed by atoms with E-state index in [0.29, 0.717) is 12.1 Å². The highest BCUT2D eigenvalue weighted by atomic mass is 15.2. The van der Waals surface area contributed by atoms with E-state index in [4.69, 9.17) is 0 Å². The Morgan fingerprint density at radius 1 is 1.26 bits per heavy atom. The molecule has 0 aliphatic carbocycles. The van der Waals surface area contributed by atoms with Gasteiger partial charge in [0.1, 0.15) is 0 Å². The van der Waals surface area contributed by atoms with Gasteiger partial charge >= 0.3 is 0 Å². The van der Waals surface area contributed by atoms with Crippen LogP contribution in [-0.2, 0) is 0 Å². The molecule has 106 valence electrons. The highest BCUT2D eigenvalue weighted by Crippen LogP contribution is 2.24. The summed E-state index contributed by atoms with van der Waals surface area (Å²) in [5, 5.41) is 3.69. The van der Waals surface area contributed by atoms with E-state index in [-0.39, 0.29) is 0 Å². The number of hydrogen-bond donors (Lipinski definition) is 1. The van der Waals surface area contributed by atoms with E-state index in [1.165, 1.54) is 31.5 Å². The Labute approximate surface area is 118 Å². The molecule has 0 aromatic heterocycles. The molecule has 1 aliphatic rings. The van der Waals surface area contributed by atoms with Gasteiger partial charge in [-0.2, -0.15) is 0 Å². The number of nitrogens with zero attached hydrogens (tertiary/aromatic N) is 1. The summed E-state index contributed by atoms with van der Waals surface area (Å²) in [5.41, 5.74) is 1.45. The molecule has 0 spiro atoms. The number of piperazine rings is 1. The predicted octanol–water partition coefficient (Wildman–Crippen LogP) is 3.46. The van der Waals surface area contributed by atoms with Crippen molar-refractivity contribution in [3.63, 3.8) is 0 Å². The van der Waals surface area contributed by atoms with Crippen molar-refractivity contribution in [1.29, 1.82) is 0 Å². The van der Waals surface area contributed by atoms with Gasteiger partial charge in [-0.3, -0.25) is 4.90 Å². The molecule has 2 nitrogen and oxygen atoms in total. The maximum Gasteiger partial charge on any atom is 0.0473 e. The second-order valence-corrected chi connectivity index (χ2v) is 6.12. The highest BCUT2D eigenvalue weighted by molar-refractivity contribution is 5.20. The lowest BCUT2D eigenvalue weighted by Crippen LogP contribution is -2.52. The summed E-state index contributed by atoms with van der Waals surface area (Å²) in [7, 11) is 0. The lowest BCUT2D eigenvalue weighted by atomic mass is 9.99. The Kier molecular flexibility index (Phi) is 5.41. The summed E-state index contributed by atoms with van der Waals surface area (Å²) in [6.45, 7) is 10.4. The Balaban J connectivity index is 2.06. The zero-order valence-corrected chi connectivity index (χ0v) is 12.6. The van der Waals surface area contributed by atoms with E-state index in [9.17, 15) is 0 Å². The standard InChI is InChI=1S/C17H28N2/c1-4-16-13-19(11-10-14(2)3)17(12-18-16)15-8-6-5-7-9-15/h5-9,14,16-18H,4,10-13H2,1-3H3. The first-order valence-corrected chi connectivity index (χ1v) is 7.73. The van der Waals surface area contributed by atoms with Gasteiger partial charge in [0.2, 0.25) is 0 Å². The molecule has 2 unspecified atom stereocenters.